The number of ether oxygens (including phenoxy) is 2. The molecule has 1 heterocycles. The van der Waals surface area contributed by atoms with Gasteiger partial charge in [0.15, 0.2) is 5.70 Å². The number of aliphatic imine (C=N–C) groups is 1. The summed E-state index contributed by atoms with van der Waals surface area (Å²) in [6.07, 6.45) is 1.60. The van der Waals surface area contributed by atoms with Crippen molar-refractivity contribution in [3.63, 3.8) is 0 Å². The molecule has 3 aromatic rings. The molecule has 0 atom stereocenters. The first-order valence-corrected chi connectivity index (χ1v) is 10.0. The van der Waals surface area contributed by atoms with Gasteiger partial charge in [0.25, 0.3) is 0 Å². The fraction of sp³-hybridized carbons (Fsp3) is 0. The Kier molecular flexibility index (Phi) is 5.79. The Balaban J connectivity index is 1.50. The van der Waals surface area contributed by atoms with Crippen LogP contribution in [0.2, 0.25) is 5.02 Å². The van der Waals surface area contributed by atoms with Crippen LogP contribution < -0.4 is 4.74 Å². The van der Waals surface area contributed by atoms with E-state index in [1.54, 1.807) is 54.6 Å². The maximum atomic E-state index is 12.2. The van der Waals surface area contributed by atoms with Gasteiger partial charge >= 0.3 is 11.9 Å². The predicted octanol–water partition coefficient (Wildman–Crippen LogP) is 5.67. The van der Waals surface area contributed by atoms with Crippen molar-refractivity contribution in [3.05, 3.63) is 105 Å². The van der Waals surface area contributed by atoms with Gasteiger partial charge in [0.1, 0.15) is 5.75 Å². The van der Waals surface area contributed by atoms with Gasteiger partial charge in [-0.3, -0.25) is 0 Å². The van der Waals surface area contributed by atoms with Gasteiger partial charge in [-0.1, -0.05) is 57.9 Å². The minimum absolute atomic E-state index is 0.186. The fourth-order valence-corrected chi connectivity index (χ4v) is 3.34. The van der Waals surface area contributed by atoms with Crippen LogP contribution in [0.25, 0.3) is 6.08 Å². The highest BCUT2D eigenvalue weighted by Crippen LogP contribution is 2.23. The van der Waals surface area contributed by atoms with Crippen LogP contribution in [0.15, 0.2) is 88.0 Å². The van der Waals surface area contributed by atoms with Crippen LogP contribution in [-0.4, -0.2) is 17.8 Å². The van der Waals surface area contributed by atoms with Crippen LogP contribution in [0.1, 0.15) is 21.5 Å². The minimum atomic E-state index is -0.547. The summed E-state index contributed by atoms with van der Waals surface area (Å²) in [5.41, 5.74) is 1.88. The molecule has 0 unspecified atom stereocenters. The standard InChI is InChI=1S/C23H13BrClNO4/c24-16-5-3-4-15(13-16)21-26-20(23(28)30-21)12-14-8-10-17(11-9-14)29-22(27)18-6-1-2-7-19(18)25/h1-13H/b20-12+. The van der Waals surface area contributed by atoms with Crippen LogP contribution in [-0.2, 0) is 9.53 Å². The summed E-state index contributed by atoms with van der Waals surface area (Å²) in [5, 5.41) is 0.322. The number of hydrogen-bond donors (Lipinski definition) is 0. The predicted molar refractivity (Wildman–Crippen MR) is 118 cm³/mol. The zero-order valence-corrected chi connectivity index (χ0v) is 17.7. The fourth-order valence-electron chi connectivity index (χ4n) is 2.73. The lowest BCUT2D eigenvalue weighted by Gasteiger charge is -2.06. The first-order chi connectivity index (χ1) is 14.5. The van der Waals surface area contributed by atoms with Crippen molar-refractivity contribution in [2.75, 3.05) is 0 Å². The third-order valence-corrected chi connectivity index (χ3v) is 5.00. The summed E-state index contributed by atoms with van der Waals surface area (Å²) in [6, 6.07) is 20.7. The summed E-state index contributed by atoms with van der Waals surface area (Å²) in [7, 11) is 0. The number of carbonyl (C=O) groups excluding carboxylic acids is 2. The number of cyclic esters (lactones) is 1. The number of carbonyl (C=O) groups is 2. The lowest BCUT2D eigenvalue weighted by molar-refractivity contribution is -0.129. The number of hydrogen-bond acceptors (Lipinski definition) is 5. The third kappa shape index (κ3) is 4.50. The van der Waals surface area contributed by atoms with Crippen molar-refractivity contribution < 1.29 is 19.1 Å². The first kappa shape index (κ1) is 20.1. The summed E-state index contributed by atoms with van der Waals surface area (Å²) in [6.45, 7) is 0. The average molecular weight is 483 g/mol. The number of rotatable bonds is 4. The number of nitrogens with zero attached hydrogens (tertiary/aromatic N) is 1. The SMILES string of the molecule is O=C1OC(c2cccc(Br)c2)=N/C1=C/c1ccc(OC(=O)c2ccccc2Cl)cc1. The van der Waals surface area contributed by atoms with Crippen LogP contribution in [0, 0.1) is 0 Å². The van der Waals surface area contributed by atoms with Gasteiger partial charge in [0, 0.05) is 10.0 Å². The molecule has 1 aliphatic rings. The third-order valence-electron chi connectivity index (χ3n) is 4.18. The molecule has 0 amide bonds. The Hall–Kier alpha value is -3.22. The molecule has 0 saturated heterocycles. The molecule has 3 aromatic carbocycles. The van der Waals surface area contributed by atoms with E-state index in [-0.39, 0.29) is 17.2 Å². The highest BCUT2D eigenvalue weighted by Gasteiger charge is 2.24. The summed E-state index contributed by atoms with van der Waals surface area (Å²) in [5.74, 6) is -0.472. The van der Waals surface area contributed by atoms with Crippen LogP contribution in [0.4, 0.5) is 0 Å². The normalized spacial score (nSPS) is 14.4. The molecule has 5 nitrogen and oxygen atoms in total. The molecule has 0 N–H and O–H groups in total. The minimum Gasteiger partial charge on any atom is -0.423 e. The summed E-state index contributed by atoms with van der Waals surface area (Å²) in [4.78, 5) is 28.7. The van der Waals surface area contributed by atoms with Gasteiger partial charge in [-0.05, 0) is 54.1 Å². The molecular weight excluding hydrogens is 470 g/mol. The van der Waals surface area contributed by atoms with Crippen molar-refractivity contribution >= 4 is 51.4 Å². The Morgan fingerprint density at radius 3 is 2.53 bits per heavy atom. The molecule has 30 heavy (non-hydrogen) atoms. The second-order valence-corrected chi connectivity index (χ2v) is 7.61. The summed E-state index contributed by atoms with van der Waals surface area (Å²) >= 11 is 9.40. The van der Waals surface area contributed by atoms with Crippen LogP contribution >= 0.6 is 27.5 Å². The molecule has 0 radical (unpaired) electrons. The summed E-state index contributed by atoms with van der Waals surface area (Å²) < 4.78 is 11.5. The van der Waals surface area contributed by atoms with E-state index in [9.17, 15) is 9.59 Å². The second kappa shape index (κ2) is 8.65. The van der Waals surface area contributed by atoms with Gasteiger partial charge < -0.3 is 9.47 Å². The quantitative estimate of drug-likeness (QED) is 0.273. The van der Waals surface area contributed by atoms with Gasteiger partial charge in [0.05, 0.1) is 10.6 Å². The van der Waals surface area contributed by atoms with Crippen molar-refractivity contribution in [1.29, 1.82) is 0 Å². The molecule has 148 valence electrons. The molecule has 0 spiro atoms. The van der Waals surface area contributed by atoms with Gasteiger partial charge in [0.2, 0.25) is 5.90 Å². The molecular formula is C23H13BrClNO4. The van der Waals surface area contributed by atoms with Crippen molar-refractivity contribution in [2.24, 2.45) is 4.99 Å². The Morgan fingerprint density at radius 2 is 1.80 bits per heavy atom. The van der Waals surface area contributed by atoms with E-state index >= 15 is 0 Å². The molecule has 7 heteroatoms. The smallest absolute Gasteiger partial charge is 0.363 e. The maximum absolute atomic E-state index is 12.2. The Morgan fingerprint density at radius 1 is 1.03 bits per heavy atom. The number of esters is 2. The lowest BCUT2D eigenvalue weighted by Crippen LogP contribution is -2.08. The van der Waals surface area contributed by atoms with E-state index in [1.807, 2.05) is 24.3 Å². The maximum Gasteiger partial charge on any atom is 0.363 e. The van der Waals surface area contributed by atoms with E-state index in [4.69, 9.17) is 21.1 Å². The van der Waals surface area contributed by atoms with E-state index in [1.165, 1.54) is 0 Å². The topological polar surface area (TPSA) is 65.0 Å². The van der Waals surface area contributed by atoms with Crippen molar-refractivity contribution in [2.45, 2.75) is 0 Å². The largest absolute Gasteiger partial charge is 0.423 e. The van der Waals surface area contributed by atoms with E-state index in [0.29, 0.717) is 21.9 Å². The molecule has 0 saturated carbocycles. The monoisotopic (exact) mass is 481 g/mol. The zero-order valence-electron chi connectivity index (χ0n) is 15.3. The van der Waals surface area contributed by atoms with Crippen LogP contribution in [0.5, 0.6) is 5.75 Å². The Labute approximate surface area is 185 Å². The Bertz CT molecular complexity index is 1200. The molecule has 0 fully saturated rings. The van der Waals surface area contributed by atoms with Crippen LogP contribution in [0.3, 0.4) is 0 Å². The molecule has 4 rings (SSSR count). The van der Waals surface area contributed by atoms with E-state index < -0.39 is 11.9 Å². The zero-order chi connectivity index (χ0) is 21.1. The first-order valence-electron chi connectivity index (χ1n) is 8.85. The lowest BCUT2D eigenvalue weighted by atomic mass is 10.2. The van der Waals surface area contributed by atoms with E-state index in [0.717, 1.165) is 4.47 Å². The number of benzene rings is 3. The molecule has 1 aliphatic heterocycles. The highest BCUT2D eigenvalue weighted by atomic mass is 79.9. The second-order valence-electron chi connectivity index (χ2n) is 6.28. The molecule has 0 aliphatic carbocycles. The van der Waals surface area contributed by atoms with Crippen molar-refractivity contribution in [3.8, 4) is 5.75 Å². The number of halogens is 2. The highest BCUT2D eigenvalue weighted by molar-refractivity contribution is 9.10. The van der Waals surface area contributed by atoms with Gasteiger partial charge in [-0.15, -0.1) is 0 Å². The molecule has 0 bridgehead atoms. The van der Waals surface area contributed by atoms with Gasteiger partial charge in [-0.2, -0.15) is 0 Å². The van der Waals surface area contributed by atoms with E-state index in [2.05, 4.69) is 20.9 Å². The van der Waals surface area contributed by atoms with Crippen molar-refractivity contribution in [1.82, 2.24) is 0 Å². The molecule has 0 aromatic heterocycles. The average Bonchev–Trinajstić information content (AvgIpc) is 3.10. The van der Waals surface area contributed by atoms with Gasteiger partial charge in [-0.25, -0.2) is 14.6 Å².